The van der Waals surface area contributed by atoms with Gasteiger partial charge >= 0.3 is 0 Å². The number of aromatic nitrogens is 1. The summed E-state index contributed by atoms with van der Waals surface area (Å²) in [6.45, 7) is 1.50. The minimum absolute atomic E-state index is 0.00145. The van der Waals surface area contributed by atoms with Crippen LogP contribution in [0.4, 0.5) is 8.78 Å². The van der Waals surface area contributed by atoms with Gasteiger partial charge in [-0.3, -0.25) is 4.98 Å². The number of pyridine rings is 1. The highest BCUT2D eigenvalue weighted by Crippen LogP contribution is 2.27. The third-order valence-electron chi connectivity index (χ3n) is 2.01. The van der Waals surface area contributed by atoms with Gasteiger partial charge in [-0.25, -0.2) is 8.78 Å². The molecule has 1 heterocycles. The molecule has 0 atom stereocenters. The van der Waals surface area contributed by atoms with Crippen molar-refractivity contribution in [3.05, 3.63) is 28.6 Å². The number of hydrogen-bond donors (Lipinski definition) is 0. The van der Waals surface area contributed by atoms with Gasteiger partial charge in [-0.05, 0) is 18.6 Å². The van der Waals surface area contributed by atoms with E-state index in [1.165, 1.54) is 13.0 Å². The Labute approximate surface area is 91.5 Å². The summed E-state index contributed by atoms with van der Waals surface area (Å²) in [6.07, 6.45) is -2.48. The number of hydrogen-bond acceptors (Lipinski definition) is 2. The lowest BCUT2D eigenvalue weighted by Crippen LogP contribution is -2.02. The minimum atomic E-state index is -2.58. The van der Waals surface area contributed by atoms with E-state index >= 15 is 0 Å². The topological polar surface area (TPSA) is 36.7 Å². The lowest BCUT2D eigenvalue weighted by molar-refractivity contribution is 0.149. The van der Waals surface area contributed by atoms with Gasteiger partial charge in [0.05, 0.1) is 18.2 Å². The Morgan fingerprint density at radius 2 is 2.27 bits per heavy atom. The maximum absolute atomic E-state index is 12.6. The lowest BCUT2D eigenvalue weighted by atomic mass is 10.1. The molecule has 0 aliphatic rings. The van der Waals surface area contributed by atoms with Gasteiger partial charge in [0, 0.05) is 17.1 Å². The predicted molar refractivity (Wildman–Crippen MR) is 52.8 cm³/mol. The van der Waals surface area contributed by atoms with Crippen LogP contribution in [0.25, 0.3) is 0 Å². The first-order chi connectivity index (χ1) is 7.10. The fraction of sp³-hybridized carbons (Fsp3) is 0.400. The first-order valence-electron chi connectivity index (χ1n) is 4.30. The molecule has 1 rings (SSSR count). The smallest absolute Gasteiger partial charge is 0.257 e. The van der Waals surface area contributed by atoms with Crippen molar-refractivity contribution in [2.45, 2.75) is 25.7 Å². The van der Waals surface area contributed by atoms with Gasteiger partial charge in [-0.2, -0.15) is 5.26 Å². The van der Waals surface area contributed by atoms with Crippen LogP contribution in [-0.2, 0) is 12.3 Å². The van der Waals surface area contributed by atoms with Gasteiger partial charge in [0.1, 0.15) is 0 Å². The Morgan fingerprint density at radius 3 is 2.73 bits per heavy atom. The van der Waals surface area contributed by atoms with Crippen LogP contribution in [0.15, 0.2) is 6.07 Å². The van der Waals surface area contributed by atoms with Crippen molar-refractivity contribution in [1.82, 2.24) is 4.98 Å². The second-order valence-electron chi connectivity index (χ2n) is 3.04. The molecule has 0 aliphatic heterocycles. The van der Waals surface area contributed by atoms with Crippen LogP contribution in [0.5, 0.6) is 0 Å². The summed E-state index contributed by atoms with van der Waals surface area (Å²) in [5.41, 5.74) is 0.958. The summed E-state index contributed by atoms with van der Waals surface area (Å²) in [4.78, 5) is 3.93. The molecule has 0 saturated heterocycles. The first kappa shape index (κ1) is 11.9. The Hall–Kier alpha value is -1.21. The number of nitriles is 1. The van der Waals surface area contributed by atoms with E-state index < -0.39 is 6.43 Å². The van der Waals surface area contributed by atoms with Crippen LogP contribution in [-0.4, -0.2) is 4.98 Å². The molecule has 0 bridgehead atoms. The van der Waals surface area contributed by atoms with Gasteiger partial charge in [0.15, 0.2) is 0 Å². The van der Waals surface area contributed by atoms with Crippen molar-refractivity contribution in [3.8, 4) is 6.07 Å². The van der Waals surface area contributed by atoms with Crippen LogP contribution in [0.3, 0.4) is 0 Å². The van der Waals surface area contributed by atoms with Crippen molar-refractivity contribution >= 4 is 11.6 Å². The molecule has 0 aromatic carbocycles. The quantitative estimate of drug-likeness (QED) is 0.748. The molecular formula is C10H9ClF2N2. The highest BCUT2D eigenvalue weighted by atomic mass is 35.5. The fourth-order valence-electron chi connectivity index (χ4n) is 1.40. The summed E-state index contributed by atoms with van der Waals surface area (Å²) >= 11 is 5.58. The molecule has 0 N–H and O–H groups in total. The van der Waals surface area contributed by atoms with Gasteiger partial charge in [0.25, 0.3) is 6.43 Å². The molecular weight excluding hydrogens is 222 g/mol. The molecule has 80 valence electrons. The number of halogens is 3. The molecule has 15 heavy (non-hydrogen) atoms. The number of nitrogens with zero attached hydrogens (tertiary/aromatic N) is 2. The molecule has 0 fully saturated rings. The molecule has 0 radical (unpaired) electrons. The van der Waals surface area contributed by atoms with Crippen LogP contribution in [0.2, 0.25) is 0 Å². The lowest BCUT2D eigenvalue weighted by Gasteiger charge is -2.10. The van der Waals surface area contributed by atoms with Gasteiger partial charge in [-0.1, -0.05) is 0 Å². The molecule has 1 aromatic rings. The van der Waals surface area contributed by atoms with E-state index in [4.69, 9.17) is 16.9 Å². The second kappa shape index (κ2) is 5.04. The predicted octanol–water partition coefficient (Wildman–Crippen LogP) is 3.13. The average Bonchev–Trinajstić information content (AvgIpc) is 2.16. The monoisotopic (exact) mass is 230 g/mol. The summed E-state index contributed by atoms with van der Waals surface area (Å²) in [5, 5.41) is 8.48. The van der Waals surface area contributed by atoms with E-state index in [1.807, 2.05) is 6.07 Å². The Balaban J connectivity index is 3.25. The Bertz CT molecular complexity index is 399. The maximum atomic E-state index is 12.6. The van der Waals surface area contributed by atoms with Crippen molar-refractivity contribution in [3.63, 3.8) is 0 Å². The van der Waals surface area contributed by atoms with E-state index in [2.05, 4.69) is 4.98 Å². The summed E-state index contributed by atoms with van der Waals surface area (Å²) in [7, 11) is 0. The van der Waals surface area contributed by atoms with E-state index in [0.717, 1.165) is 0 Å². The van der Waals surface area contributed by atoms with Crippen molar-refractivity contribution in [2.24, 2.45) is 0 Å². The highest BCUT2D eigenvalue weighted by Gasteiger charge is 2.17. The zero-order valence-electron chi connectivity index (χ0n) is 8.10. The van der Waals surface area contributed by atoms with E-state index in [9.17, 15) is 8.78 Å². The standard InChI is InChI=1S/C10H9ClF2N2/c1-6-9(10(12)13)7(5-11)4-8(15-6)2-3-14/h4,10H,2,5H2,1H3. The molecule has 5 heteroatoms. The minimum Gasteiger partial charge on any atom is -0.257 e. The van der Waals surface area contributed by atoms with Gasteiger partial charge in [0.2, 0.25) is 0 Å². The SMILES string of the molecule is Cc1nc(CC#N)cc(CCl)c1C(F)F. The molecule has 2 nitrogen and oxygen atoms in total. The van der Waals surface area contributed by atoms with Gasteiger partial charge in [-0.15, -0.1) is 11.6 Å². The molecule has 0 spiro atoms. The molecule has 0 saturated carbocycles. The third kappa shape index (κ3) is 2.63. The third-order valence-corrected chi connectivity index (χ3v) is 2.30. The van der Waals surface area contributed by atoms with Gasteiger partial charge < -0.3 is 0 Å². The van der Waals surface area contributed by atoms with Crippen LogP contribution < -0.4 is 0 Å². The normalized spacial score (nSPS) is 10.4. The maximum Gasteiger partial charge on any atom is 0.265 e. The summed E-state index contributed by atoms with van der Waals surface area (Å²) in [6, 6.07) is 3.38. The first-order valence-corrected chi connectivity index (χ1v) is 4.84. The number of aryl methyl sites for hydroxylation is 1. The van der Waals surface area contributed by atoms with E-state index in [-0.39, 0.29) is 23.6 Å². The fourth-order valence-corrected chi connectivity index (χ4v) is 1.62. The van der Waals surface area contributed by atoms with Crippen LogP contribution in [0, 0.1) is 18.3 Å². The molecule has 0 amide bonds. The Kier molecular flexibility index (Phi) is 3.98. The number of rotatable bonds is 3. The highest BCUT2D eigenvalue weighted by molar-refractivity contribution is 6.17. The molecule has 0 aliphatic carbocycles. The van der Waals surface area contributed by atoms with Crippen molar-refractivity contribution in [1.29, 1.82) is 5.26 Å². The largest absolute Gasteiger partial charge is 0.265 e. The molecule has 0 unspecified atom stereocenters. The van der Waals surface area contributed by atoms with E-state index in [1.54, 1.807) is 0 Å². The van der Waals surface area contributed by atoms with Crippen molar-refractivity contribution in [2.75, 3.05) is 0 Å². The van der Waals surface area contributed by atoms with Crippen LogP contribution >= 0.6 is 11.6 Å². The zero-order valence-corrected chi connectivity index (χ0v) is 8.85. The second-order valence-corrected chi connectivity index (χ2v) is 3.31. The zero-order chi connectivity index (χ0) is 11.4. The van der Waals surface area contributed by atoms with Crippen LogP contribution in [0.1, 0.15) is 28.9 Å². The summed E-state index contributed by atoms with van der Waals surface area (Å²) in [5.74, 6) is 0.00145. The van der Waals surface area contributed by atoms with E-state index in [0.29, 0.717) is 11.3 Å². The number of alkyl halides is 3. The molecule has 1 aromatic heterocycles. The Morgan fingerprint density at radius 1 is 1.60 bits per heavy atom. The summed E-state index contributed by atoms with van der Waals surface area (Å²) < 4.78 is 25.3. The average molecular weight is 231 g/mol. The van der Waals surface area contributed by atoms with Crippen molar-refractivity contribution < 1.29 is 8.78 Å².